The number of ketones is 1. The highest BCUT2D eigenvalue weighted by molar-refractivity contribution is 6.10. The lowest BCUT2D eigenvalue weighted by atomic mass is 10.0. The second kappa shape index (κ2) is 3.81. The molecule has 0 saturated carbocycles. The summed E-state index contributed by atoms with van der Waals surface area (Å²) >= 11 is 0. The number of nitrogens with zero attached hydrogens (tertiary/aromatic N) is 1. The van der Waals surface area contributed by atoms with Crippen molar-refractivity contribution in [1.29, 1.82) is 0 Å². The van der Waals surface area contributed by atoms with Gasteiger partial charge in [-0.15, -0.1) is 0 Å². The van der Waals surface area contributed by atoms with E-state index in [1.807, 2.05) is 36.4 Å². The summed E-state index contributed by atoms with van der Waals surface area (Å²) in [4.78, 5) is 24.0. The number of rotatable bonds is 1. The van der Waals surface area contributed by atoms with Crippen LogP contribution in [0.4, 0.5) is 0 Å². The molecule has 0 radical (unpaired) electrons. The first-order chi connectivity index (χ1) is 8.70. The molecule has 3 nitrogen and oxygen atoms in total. The lowest BCUT2D eigenvalue weighted by Crippen LogP contribution is -2.21. The fraction of sp³-hybridized carbons (Fsp3) is 0.0667. The van der Waals surface area contributed by atoms with E-state index < -0.39 is 0 Å². The zero-order chi connectivity index (χ0) is 12.7. The first-order valence-electron chi connectivity index (χ1n) is 5.73. The maximum Gasteiger partial charge on any atom is 0.266 e. The van der Waals surface area contributed by atoms with E-state index in [0.29, 0.717) is 0 Å². The van der Waals surface area contributed by atoms with Crippen LogP contribution in [0.2, 0.25) is 0 Å². The van der Waals surface area contributed by atoms with Gasteiger partial charge in [0.2, 0.25) is 0 Å². The fourth-order valence-corrected chi connectivity index (χ4v) is 2.34. The first kappa shape index (κ1) is 10.7. The Morgan fingerprint density at radius 2 is 1.67 bits per heavy atom. The van der Waals surface area contributed by atoms with Gasteiger partial charge < -0.3 is 0 Å². The van der Waals surface area contributed by atoms with Crippen molar-refractivity contribution in [2.75, 3.05) is 0 Å². The van der Waals surface area contributed by atoms with E-state index in [9.17, 15) is 9.59 Å². The molecule has 3 heteroatoms. The molecule has 0 amide bonds. The second-order valence-corrected chi connectivity index (χ2v) is 4.24. The number of carbonyl (C=O) groups excluding carboxylic acids is 1. The predicted molar refractivity (Wildman–Crippen MR) is 71.2 cm³/mol. The van der Waals surface area contributed by atoms with E-state index in [1.165, 1.54) is 11.3 Å². The number of Topliss-reactive ketones (excluding diaryl/α,β-unsaturated/α-hetero) is 1. The molecule has 88 valence electrons. The molecule has 0 aliphatic rings. The number of hydrogen-bond acceptors (Lipinski definition) is 2. The first-order valence-corrected chi connectivity index (χ1v) is 5.73. The summed E-state index contributed by atoms with van der Waals surface area (Å²) in [6, 6.07) is 13.0. The fourth-order valence-electron chi connectivity index (χ4n) is 2.34. The molecule has 0 fully saturated rings. The summed E-state index contributed by atoms with van der Waals surface area (Å²) in [5, 5.41) is 1.64. The zero-order valence-corrected chi connectivity index (χ0v) is 9.88. The van der Waals surface area contributed by atoms with Gasteiger partial charge >= 0.3 is 0 Å². The van der Waals surface area contributed by atoms with Crippen molar-refractivity contribution in [3.05, 3.63) is 64.6 Å². The van der Waals surface area contributed by atoms with E-state index in [-0.39, 0.29) is 16.9 Å². The van der Waals surface area contributed by atoms with Gasteiger partial charge in [-0.1, -0.05) is 30.3 Å². The number of pyridine rings is 2. The highest BCUT2D eigenvalue weighted by atomic mass is 16.1. The smallest absolute Gasteiger partial charge is 0.266 e. The third-order valence-electron chi connectivity index (χ3n) is 3.12. The summed E-state index contributed by atoms with van der Waals surface area (Å²) in [6.07, 6.45) is 1.69. The van der Waals surface area contributed by atoms with Crippen LogP contribution < -0.4 is 5.56 Å². The summed E-state index contributed by atoms with van der Waals surface area (Å²) in [5.41, 5.74) is 0.828. The van der Waals surface area contributed by atoms with Crippen molar-refractivity contribution >= 4 is 22.1 Å². The van der Waals surface area contributed by atoms with Crippen LogP contribution in [0.3, 0.4) is 0 Å². The molecule has 0 unspecified atom stereocenters. The molecular weight excluding hydrogens is 226 g/mol. The maximum atomic E-state index is 12.3. The summed E-state index contributed by atoms with van der Waals surface area (Å²) in [7, 11) is 0. The maximum absolute atomic E-state index is 12.3. The van der Waals surface area contributed by atoms with Gasteiger partial charge in [0.1, 0.15) is 0 Å². The second-order valence-electron chi connectivity index (χ2n) is 4.24. The van der Waals surface area contributed by atoms with E-state index in [4.69, 9.17) is 0 Å². The van der Waals surface area contributed by atoms with Crippen molar-refractivity contribution in [1.82, 2.24) is 4.40 Å². The van der Waals surface area contributed by atoms with E-state index in [2.05, 4.69) is 0 Å². The van der Waals surface area contributed by atoms with Gasteiger partial charge in [-0.05, 0) is 19.1 Å². The number of fused-ring (bicyclic) bond motifs is 3. The predicted octanol–water partition coefficient (Wildman–Crippen LogP) is 2.66. The minimum absolute atomic E-state index is 0.200. The van der Waals surface area contributed by atoms with Crippen molar-refractivity contribution < 1.29 is 4.79 Å². The molecule has 0 N–H and O–H groups in total. The Bertz CT molecular complexity index is 831. The molecule has 0 saturated heterocycles. The summed E-state index contributed by atoms with van der Waals surface area (Å²) in [5.74, 6) is -0.200. The van der Waals surface area contributed by atoms with Gasteiger partial charge in [-0.3, -0.25) is 14.0 Å². The zero-order valence-electron chi connectivity index (χ0n) is 9.88. The largest absolute Gasteiger partial charge is 0.294 e. The third-order valence-corrected chi connectivity index (χ3v) is 3.12. The van der Waals surface area contributed by atoms with Gasteiger partial charge in [0, 0.05) is 17.0 Å². The SMILES string of the molecule is CC(=O)c1c(=O)n2ccccc2c2ccccc12. The van der Waals surface area contributed by atoms with Crippen molar-refractivity contribution in [3.63, 3.8) is 0 Å². The highest BCUT2D eigenvalue weighted by Crippen LogP contribution is 2.21. The number of hydrogen-bond donors (Lipinski definition) is 0. The van der Waals surface area contributed by atoms with Gasteiger partial charge in [-0.25, -0.2) is 0 Å². The average molecular weight is 237 g/mol. The number of benzene rings is 1. The molecule has 2 aromatic heterocycles. The molecule has 0 bridgehead atoms. The Hall–Kier alpha value is -2.42. The Labute approximate surface area is 103 Å². The molecule has 2 heterocycles. The third kappa shape index (κ3) is 1.37. The topological polar surface area (TPSA) is 38.5 Å². The minimum Gasteiger partial charge on any atom is -0.294 e. The van der Waals surface area contributed by atoms with Gasteiger partial charge in [0.15, 0.2) is 5.78 Å². The van der Waals surface area contributed by atoms with Crippen LogP contribution in [-0.4, -0.2) is 10.2 Å². The molecule has 0 atom stereocenters. The summed E-state index contributed by atoms with van der Waals surface area (Å²) < 4.78 is 1.53. The monoisotopic (exact) mass is 237 g/mol. The van der Waals surface area contributed by atoms with Crippen LogP contribution in [-0.2, 0) is 0 Å². The Morgan fingerprint density at radius 1 is 1.00 bits per heavy atom. The van der Waals surface area contributed by atoms with Gasteiger partial charge in [0.05, 0.1) is 11.1 Å². The van der Waals surface area contributed by atoms with Crippen molar-refractivity contribution in [2.24, 2.45) is 0 Å². The van der Waals surface area contributed by atoms with Crippen molar-refractivity contribution in [2.45, 2.75) is 6.92 Å². The number of carbonyl (C=O) groups is 1. The van der Waals surface area contributed by atoms with Crippen LogP contribution >= 0.6 is 0 Å². The van der Waals surface area contributed by atoms with Crippen LogP contribution in [0.5, 0.6) is 0 Å². The lowest BCUT2D eigenvalue weighted by Gasteiger charge is -2.08. The minimum atomic E-state index is -0.253. The van der Waals surface area contributed by atoms with Crippen LogP contribution in [0.15, 0.2) is 53.5 Å². The van der Waals surface area contributed by atoms with Crippen LogP contribution in [0, 0.1) is 0 Å². The molecule has 1 aromatic carbocycles. The van der Waals surface area contributed by atoms with E-state index in [1.54, 1.807) is 12.3 Å². The average Bonchev–Trinajstić information content (AvgIpc) is 2.39. The van der Waals surface area contributed by atoms with Gasteiger partial charge in [-0.2, -0.15) is 0 Å². The lowest BCUT2D eigenvalue weighted by molar-refractivity contribution is 0.101. The van der Waals surface area contributed by atoms with Crippen molar-refractivity contribution in [3.8, 4) is 0 Å². The molecule has 0 aliphatic heterocycles. The van der Waals surface area contributed by atoms with E-state index in [0.717, 1.165) is 16.3 Å². The molecule has 0 aliphatic carbocycles. The quantitative estimate of drug-likeness (QED) is 0.482. The number of aromatic nitrogens is 1. The molecule has 3 rings (SSSR count). The molecular formula is C15H11NO2. The van der Waals surface area contributed by atoms with Crippen LogP contribution in [0.25, 0.3) is 16.3 Å². The molecule has 0 spiro atoms. The Balaban J connectivity index is 2.71. The Kier molecular flexibility index (Phi) is 2.27. The highest BCUT2D eigenvalue weighted by Gasteiger charge is 2.14. The molecule has 18 heavy (non-hydrogen) atoms. The Morgan fingerprint density at radius 3 is 2.39 bits per heavy atom. The van der Waals surface area contributed by atoms with Crippen LogP contribution in [0.1, 0.15) is 17.3 Å². The standard InChI is InChI=1S/C15H11NO2/c1-10(17)14-12-7-3-2-6-11(12)13-8-4-5-9-16(13)15(14)18/h2-9H,1H3. The summed E-state index contributed by atoms with van der Waals surface area (Å²) in [6.45, 7) is 1.43. The van der Waals surface area contributed by atoms with Gasteiger partial charge in [0.25, 0.3) is 5.56 Å². The van der Waals surface area contributed by atoms with E-state index >= 15 is 0 Å². The normalized spacial score (nSPS) is 10.9. The molecule has 3 aromatic rings.